The summed E-state index contributed by atoms with van der Waals surface area (Å²) in [5.74, 6) is 1.22. The predicted octanol–water partition coefficient (Wildman–Crippen LogP) is 3.61. The minimum Gasteiger partial charge on any atom is -0.496 e. The molecular formula is C25H26N4O3. The molecule has 4 rings (SSSR count). The summed E-state index contributed by atoms with van der Waals surface area (Å²) in [6, 6.07) is 18.5. The molecule has 2 aromatic carbocycles. The summed E-state index contributed by atoms with van der Waals surface area (Å²) in [6.07, 6.45) is 1.66. The lowest BCUT2D eigenvalue weighted by Crippen LogP contribution is -2.49. The number of nitrogens with one attached hydrogen (secondary N) is 1. The third kappa shape index (κ3) is 4.72. The van der Waals surface area contributed by atoms with Gasteiger partial charge in [-0.15, -0.1) is 0 Å². The number of hydrogen-bond donors (Lipinski definition) is 1. The Morgan fingerprint density at radius 3 is 2.31 bits per heavy atom. The number of hydrogen-bond acceptors (Lipinski definition) is 5. The van der Waals surface area contributed by atoms with Gasteiger partial charge in [0.1, 0.15) is 11.6 Å². The molecule has 7 nitrogen and oxygen atoms in total. The van der Waals surface area contributed by atoms with Crippen LogP contribution in [0.15, 0.2) is 66.9 Å². The maximum Gasteiger partial charge on any atom is 0.257 e. The topological polar surface area (TPSA) is 74.8 Å². The number of aryl methyl sites for hydroxylation is 1. The quantitative estimate of drug-likeness (QED) is 0.669. The number of anilines is 2. The van der Waals surface area contributed by atoms with Crippen molar-refractivity contribution in [1.29, 1.82) is 0 Å². The van der Waals surface area contributed by atoms with Crippen molar-refractivity contribution in [2.75, 3.05) is 43.5 Å². The normalized spacial score (nSPS) is 13.6. The maximum absolute atomic E-state index is 12.9. The number of aromatic nitrogens is 1. The van der Waals surface area contributed by atoms with Crippen LogP contribution in [0.1, 0.15) is 26.3 Å². The van der Waals surface area contributed by atoms with E-state index in [1.165, 1.54) is 0 Å². The van der Waals surface area contributed by atoms with Gasteiger partial charge in [-0.05, 0) is 43.3 Å². The molecule has 32 heavy (non-hydrogen) atoms. The first kappa shape index (κ1) is 21.4. The van der Waals surface area contributed by atoms with Gasteiger partial charge in [0.2, 0.25) is 0 Å². The van der Waals surface area contributed by atoms with Gasteiger partial charge in [0, 0.05) is 31.7 Å². The molecule has 0 radical (unpaired) electrons. The van der Waals surface area contributed by atoms with Crippen molar-refractivity contribution in [2.24, 2.45) is 0 Å². The molecule has 3 aromatic rings. The van der Waals surface area contributed by atoms with E-state index in [0.29, 0.717) is 48.7 Å². The highest BCUT2D eigenvalue weighted by molar-refractivity contribution is 6.04. The Kier molecular flexibility index (Phi) is 6.35. The molecule has 1 aromatic heterocycles. The van der Waals surface area contributed by atoms with Crippen LogP contribution in [0.3, 0.4) is 0 Å². The Balaban J connectivity index is 1.34. The fourth-order valence-corrected chi connectivity index (χ4v) is 3.69. The summed E-state index contributed by atoms with van der Waals surface area (Å²) in [5, 5.41) is 2.87. The number of carbonyl (C=O) groups excluding carboxylic acids is 2. The molecule has 1 fully saturated rings. The second-order valence-electron chi connectivity index (χ2n) is 7.70. The molecule has 164 valence electrons. The van der Waals surface area contributed by atoms with Gasteiger partial charge >= 0.3 is 0 Å². The Morgan fingerprint density at radius 1 is 0.938 bits per heavy atom. The molecule has 0 saturated carbocycles. The average molecular weight is 431 g/mol. The number of pyridine rings is 1. The van der Waals surface area contributed by atoms with Crippen LogP contribution in [0.25, 0.3) is 0 Å². The predicted molar refractivity (Wildman–Crippen MR) is 124 cm³/mol. The zero-order valence-corrected chi connectivity index (χ0v) is 18.2. The van der Waals surface area contributed by atoms with Gasteiger partial charge in [0.25, 0.3) is 11.8 Å². The Morgan fingerprint density at radius 2 is 1.66 bits per heavy atom. The van der Waals surface area contributed by atoms with Crippen LogP contribution in [0.5, 0.6) is 5.75 Å². The molecule has 0 atom stereocenters. The van der Waals surface area contributed by atoms with Crippen molar-refractivity contribution in [3.8, 4) is 5.75 Å². The second kappa shape index (κ2) is 9.51. The number of para-hydroxylation sites is 1. The van der Waals surface area contributed by atoms with Crippen LogP contribution >= 0.6 is 0 Å². The number of benzene rings is 2. The van der Waals surface area contributed by atoms with E-state index in [9.17, 15) is 9.59 Å². The molecule has 2 heterocycles. The summed E-state index contributed by atoms with van der Waals surface area (Å²) >= 11 is 0. The molecule has 1 aliphatic heterocycles. The van der Waals surface area contributed by atoms with Gasteiger partial charge in [0.15, 0.2) is 0 Å². The van der Waals surface area contributed by atoms with Gasteiger partial charge in [0.05, 0.1) is 24.6 Å². The number of rotatable bonds is 5. The molecule has 0 aliphatic carbocycles. The SMILES string of the molecule is COc1ccccc1C(=O)N1CCN(c2ccc(NC(=O)c3ccc(C)cc3)cn2)CC1. The highest BCUT2D eigenvalue weighted by Crippen LogP contribution is 2.22. The van der Waals surface area contributed by atoms with Crippen LogP contribution < -0.4 is 15.0 Å². The summed E-state index contributed by atoms with van der Waals surface area (Å²) < 4.78 is 5.32. The minimum absolute atomic E-state index is 0.0239. The maximum atomic E-state index is 12.9. The molecule has 1 saturated heterocycles. The standard InChI is InChI=1S/C25H26N4O3/c1-18-7-9-19(10-8-18)24(30)27-20-11-12-23(26-17-20)28-13-15-29(16-14-28)25(31)21-5-3-4-6-22(21)32-2/h3-12,17H,13-16H2,1-2H3,(H,27,30). The summed E-state index contributed by atoms with van der Waals surface area (Å²) in [6.45, 7) is 4.55. The number of carbonyl (C=O) groups is 2. The number of ether oxygens (including phenoxy) is 1. The van der Waals surface area contributed by atoms with E-state index in [4.69, 9.17) is 4.74 Å². The van der Waals surface area contributed by atoms with Crippen LogP contribution in [-0.4, -0.2) is 55.0 Å². The fourth-order valence-electron chi connectivity index (χ4n) is 3.69. The monoisotopic (exact) mass is 430 g/mol. The van der Waals surface area contributed by atoms with E-state index in [2.05, 4.69) is 15.2 Å². The first-order chi connectivity index (χ1) is 15.5. The molecule has 0 bridgehead atoms. The van der Waals surface area contributed by atoms with Crippen molar-refractivity contribution in [2.45, 2.75) is 6.92 Å². The van der Waals surface area contributed by atoms with Gasteiger partial charge < -0.3 is 19.9 Å². The molecule has 7 heteroatoms. The van der Waals surface area contributed by atoms with Gasteiger partial charge in [-0.25, -0.2) is 4.98 Å². The van der Waals surface area contributed by atoms with Gasteiger partial charge in [-0.2, -0.15) is 0 Å². The van der Waals surface area contributed by atoms with Crippen LogP contribution in [0, 0.1) is 6.92 Å². The van der Waals surface area contributed by atoms with E-state index < -0.39 is 0 Å². The number of piperazine rings is 1. The number of nitrogens with zero attached hydrogens (tertiary/aromatic N) is 3. The van der Waals surface area contributed by atoms with Crippen LogP contribution in [0.4, 0.5) is 11.5 Å². The van der Waals surface area contributed by atoms with E-state index >= 15 is 0 Å². The second-order valence-corrected chi connectivity index (χ2v) is 7.70. The highest BCUT2D eigenvalue weighted by Gasteiger charge is 2.24. The fraction of sp³-hybridized carbons (Fsp3) is 0.240. The Labute approximate surface area is 187 Å². The summed E-state index contributed by atoms with van der Waals surface area (Å²) in [5.41, 5.74) is 2.94. The Bertz CT molecular complexity index is 1090. The van der Waals surface area contributed by atoms with Crippen molar-refractivity contribution in [3.05, 3.63) is 83.6 Å². The minimum atomic E-state index is -0.164. The van der Waals surface area contributed by atoms with Gasteiger partial charge in [-0.1, -0.05) is 29.8 Å². The lowest BCUT2D eigenvalue weighted by molar-refractivity contribution is 0.0743. The van der Waals surface area contributed by atoms with E-state index in [1.54, 1.807) is 37.6 Å². The largest absolute Gasteiger partial charge is 0.496 e. The molecule has 2 amide bonds. The van der Waals surface area contributed by atoms with E-state index in [-0.39, 0.29) is 11.8 Å². The molecule has 1 aliphatic rings. The lowest BCUT2D eigenvalue weighted by Gasteiger charge is -2.35. The first-order valence-corrected chi connectivity index (χ1v) is 10.6. The average Bonchev–Trinajstić information content (AvgIpc) is 2.84. The Hall–Kier alpha value is -3.87. The summed E-state index contributed by atoms with van der Waals surface area (Å²) in [4.78, 5) is 33.7. The molecule has 0 unspecified atom stereocenters. The van der Waals surface area contributed by atoms with Crippen molar-refractivity contribution >= 4 is 23.3 Å². The molecule has 1 N–H and O–H groups in total. The zero-order chi connectivity index (χ0) is 22.5. The summed E-state index contributed by atoms with van der Waals surface area (Å²) in [7, 11) is 1.57. The smallest absolute Gasteiger partial charge is 0.257 e. The molecular weight excluding hydrogens is 404 g/mol. The third-order valence-corrected chi connectivity index (χ3v) is 5.55. The van der Waals surface area contributed by atoms with Crippen LogP contribution in [-0.2, 0) is 0 Å². The van der Waals surface area contributed by atoms with Crippen molar-refractivity contribution in [1.82, 2.24) is 9.88 Å². The first-order valence-electron chi connectivity index (χ1n) is 10.6. The van der Waals surface area contributed by atoms with E-state index in [0.717, 1.165) is 11.4 Å². The number of methoxy groups -OCH3 is 1. The lowest BCUT2D eigenvalue weighted by atomic mass is 10.1. The van der Waals surface area contributed by atoms with Crippen molar-refractivity contribution in [3.63, 3.8) is 0 Å². The highest BCUT2D eigenvalue weighted by atomic mass is 16.5. The third-order valence-electron chi connectivity index (χ3n) is 5.55. The van der Waals surface area contributed by atoms with Gasteiger partial charge in [-0.3, -0.25) is 9.59 Å². The zero-order valence-electron chi connectivity index (χ0n) is 18.2. The number of amides is 2. The van der Waals surface area contributed by atoms with Crippen molar-refractivity contribution < 1.29 is 14.3 Å². The van der Waals surface area contributed by atoms with E-state index in [1.807, 2.05) is 48.2 Å². The van der Waals surface area contributed by atoms with Crippen LogP contribution in [0.2, 0.25) is 0 Å². The molecule has 0 spiro atoms.